The van der Waals surface area contributed by atoms with Crippen molar-refractivity contribution in [1.82, 2.24) is 5.32 Å². The summed E-state index contributed by atoms with van der Waals surface area (Å²) in [6.45, 7) is 2.10. The van der Waals surface area contributed by atoms with Crippen molar-refractivity contribution in [2.45, 2.75) is 30.5 Å². The number of nitrogens with one attached hydrogen (secondary N) is 1. The molecule has 1 fully saturated rings. The van der Waals surface area contributed by atoms with E-state index in [4.69, 9.17) is 0 Å². The predicted octanol–water partition coefficient (Wildman–Crippen LogP) is 2.14. The van der Waals surface area contributed by atoms with Crippen molar-refractivity contribution in [2.24, 2.45) is 0 Å². The lowest BCUT2D eigenvalue weighted by atomic mass is 9.91. The summed E-state index contributed by atoms with van der Waals surface area (Å²) in [5, 5.41) is 2.36. The monoisotopic (exact) mass is 295 g/mol. The number of benzene rings is 1. The zero-order valence-electron chi connectivity index (χ0n) is 9.57. The van der Waals surface area contributed by atoms with Gasteiger partial charge in [0.2, 0.25) is 11.8 Å². The quantitative estimate of drug-likeness (QED) is 0.686. The predicted molar refractivity (Wildman–Crippen MR) is 69.0 cm³/mol. The molecule has 1 aliphatic heterocycles. The Bertz CT molecular complexity index is 458. The molecule has 1 N–H and O–H groups in total. The molecular formula is C13H14BrNO2. The third-order valence-corrected chi connectivity index (χ3v) is 3.93. The second-order valence-corrected chi connectivity index (χ2v) is 5.17. The van der Waals surface area contributed by atoms with E-state index in [9.17, 15) is 9.59 Å². The van der Waals surface area contributed by atoms with Gasteiger partial charge >= 0.3 is 0 Å². The second kappa shape index (κ2) is 5.00. The van der Waals surface area contributed by atoms with Crippen LogP contribution in [0.5, 0.6) is 0 Å². The molecule has 0 spiro atoms. The standard InChI is InChI=1S/C13H14BrNO2/c1-2-5-8-6-3-4-7-9(8)10-11(14)13(17)15-12(10)16/h3-4,6-7,10-11H,2,5H2,1H3,(H,15,16,17). The fourth-order valence-corrected chi connectivity index (χ4v) is 2.83. The van der Waals surface area contributed by atoms with Crippen LogP contribution >= 0.6 is 15.9 Å². The molecule has 90 valence electrons. The lowest BCUT2D eigenvalue weighted by molar-refractivity contribution is -0.125. The van der Waals surface area contributed by atoms with E-state index in [1.807, 2.05) is 24.3 Å². The molecular weight excluding hydrogens is 282 g/mol. The van der Waals surface area contributed by atoms with E-state index in [1.54, 1.807) is 0 Å². The topological polar surface area (TPSA) is 46.2 Å². The average molecular weight is 296 g/mol. The second-order valence-electron chi connectivity index (χ2n) is 4.18. The van der Waals surface area contributed by atoms with Crippen molar-refractivity contribution in [2.75, 3.05) is 0 Å². The first kappa shape index (κ1) is 12.3. The van der Waals surface area contributed by atoms with E-state index in [-0.39, 0.29) is 11.8 Å². The Balaban J connectivity index is 2.39. The molecule has 0 saturated carbocycles. The van der Waals surface area contributed by atoms with E-state index < -0.39 is 10.7 Å². The summed E-state index contributed by atoms with van der Waals surface area (Å²) in [5.41, 5.74) is 2.11. The minimum Gasteiger partial charge on any atom is -0.295 e. The number of amides is 2. The van der Waals surface area contributed by atoms with Crippen LogP contribution in [0.1, 0.15) is 30.4 Å². The first-order chi connectivity index (χ1) is 8.15. The first-order valence-corrected chi connectivity index (χ1v) is 6.63. The zero-order chi connectivity index (χ0) is 12.4. The molecule has 3 nitrogen and oxygen atoms in total. The van der Waals surface area contributed by atoms with Crippen molar-refractivity contribution in [1.29, 1.82) is 0 Å². The third-order valence-electron chi connectivity index (χ3n) is 2.98. The van der Waals surface area contributed by atoms with Gasteiger partial charge in [-0.1, -0.05) is 53.5 Å². The maximum Gasteiger partial charge on any atom is 0.241 e. The highest BCUT2D eigenvalue weighted by molar-refractivity contribution is 9.10. The van der Waals surface area contributed by atoms with Crippen LogP contribution in [-0.2, 0) is 16.0 Å². The number of rotatable bonds is 3. The van der Waals surface area contributed by atoms with Gasteiger partial charge in [0.1, 0.15) is 4.83 Å². The maximum atomic E-state index is 11.8. The molecule has 17 heavy (non-hydrogen) atoms. The van der Waals surface area contributed by atoms with Crippen LogP contribution in [0.3, 0.4) is 0 Å². The molecule has 2 atom stereocenters. The Kier molecular flexibility index (Phi) is 3.62. The maximum absolute atomic E-state index is 11.8. The summed E-state index contributed by atoms with van der Waals surface area (Å²) >= 11 is 3.30. The van der Waals surface area contributed by atoms with Crippen molar-refractivity contribution in [3.63, 3.8) is 0 Å². The summed E-state index contributed by atoms with van der Waals surface area (Å²) in [7, 11) is 0. The molecule has 0 bridgehead atoms. The molecule has 1 aromatic carbocycles. The van der Waals surface area contributed by atoms with Crippen LogP contribution in [0.15, 0.2) is 24.3 Å². The largest absolute Gasteiger partial charge is 0.295 e. The molecule has 2 unspecified atom stereocenters. The lowest BCUT2D eigenvalue weighted by Crippen LogP contribution is -2.22. The van der Waals surface area contributed by atoms with Gasteiger partial charge in [0.15, 0.2) is 0 Å². The van der Waals surface area contributed by atoms with Crippen LogP contribution in [-0.4, -0.2) is 16.6 Å². The molecule has 4 heteroatoms. The van der Waals surface area contributed by atoms with E-state index in [0.717, 1.165) is 24.0 Å². The summed E-state index contributed by atoms with van der Waals surface area (Å²) in [6, 6.07) is 7.83. The average Bonchev–Trinajstić information content (AvgIpc) is 2.55. The van der Waals surface area contributed by atoms with Crippen LogP contribution in [0, 0.1) is 0 Å². The molecule has 1 aliphatic rings. The molecule has 0 radical (unpaired) electrons. The highest BCUT2D eigenvalue weighted by Crippen LogP contribution is 2.32. The summed E-state index contributed by atoms with van der Waals surface area (Å²) in [5.74, 6) is -0.850. The van der Waals surface area contributed by atoms with Gasteiger partial charge in [-0.2, -0.15) is 0 Å². The Morgan fingerprint density at radius 1 is 1.24 bits per heavy atom. The molecule has 0 aromatic heterocycles. The van der Waals surface area contributed by atoms with Crippen LogP contribution in [0.2, 0.25) is 0 Å². The first-order valence-electron chi connectivity index (χ1n) is 5.71. The summed E-state index contributed by atoms with van der Waals surface area (Å²) in [6.07, 6.45) is 1.94. The normalized spacial score (nSPS) is 23.9. The number of imide groups is 1. The minimum absolute atomic E-state index is 0.208. The number of hydrogen-bond donors (Lipinski definition) is 1. The molecule has 1 aromatic rings. The van der Waals surface area contributed by atoms with Gasteiger partial charge in [0.25, 0.3) is 0 Å². The Hall–Kier alpha value is -1.16. The third kappa shape index (κ3) is 2.27. The van der Waals surface area contributed by atoms with Gasteiger partial charge < -0.3 is 0 Å². The Morgan fingerprint density at radius 2 is 1.94 bits per heavy atom. The number of carbonyl (C=O) groups excluding carboxylic acids is 2. The number of alkyl halides is 1. The number of halogens is 1. The van der Waals surface area contributed by atoms with E-state index in [1.165, 1.54) is 0 Å². The zero-order valence-corrected chi connectivity index (χ0v) is 11.2. The SMILES string of the molecule is CCCc1ccccc1C1C(=O)NC(=O)C1Br. The van der Waals surface area contributed by atoms with Crippen molar-refractivity contribution >= 4 is 27.7 Å². The van der Waals surface area contributed by atoms with Gasteiger partial charge in [-0.15, -0.1) is 0 Å². The van der Waals surface area contributed by atoms with Crippen LogP contribution in [0.4, 0.5) is 0 Å². The number of hydrogen-bond acceptors (Lipinski definition) is 2. The lowest BCUT2D eigenvalue weighted by Gasteiger charge is -2.14. The minimum atomic E-state index is -0.451. The van der Waals surface area contributed by atoms with Crippen molar-refractivity contribution in [3.05, 3.63) is 35.4 Å². The fourth-order valence-electron chi connectivity index (χ4n) is 2.19. The Labute approximate surface area is 109 Å². The van der Waals surface area contributed by atoms with E-state index in [2.05, 4.69) is 28.2 Å². The molecule has 0 aliphatic carbocycles. The van der Waals surface area contributed by atoms with Gasteiger partial charge in [-0.25, -0.2) is 0 Å². The molecule has 1 heterocycles. The van der Waals surface area contributed by atoms with Crippen molar-refractivity contribution < 1.29 is 9.59 Å². The van der Waals surface area contributed by atoms with Gasteiger partial charge in [-0.05, 0) is 17.5 Å². The highest BCUT2D eigenvalue weighted by Gasteiger charge is 2.41. The summed E-state index contributed by atoms with van der Waals surface area (Å²) < 4.78 is 0. The van der Waals surface area contributed by atoms with E-state index in [0.29, 0.717) is 0 Å². The molecule has 2 rings (SSSR count). The number of carbonyl (C=O) groups is 2. The Morgan fingerprint density at radius 3 is 2.53 bits per heavy atom. The fraction of sp³-hybridized carbons (Fsp3) is 0.385. The van der Waals surface area contributed by atoms with E-state index >= 15 is 0 Å². The summed E-state index contributed by atoms with van der Waals surface area (Å²) in [4.78, 5) is 22.8. The van der Waals surface area contributed by atoms with Crippen LogP contribution in [0.25, 0.3) is 0 Å². The van der Waals surface area contributed by atoms with Gasteiger partial charge in [-0.3, -0.25) is 14.9 Å². The van der Waals surface area contributed by atoms with Crippen molar-refractivity contribution in [3.8, 4) is 0 Å². The number of aryl methyl sites for hydroxylation is 1. The molecule has 2 amide bonds. The van der Waals surface area contributed by atoms with Gasteiger partial charge in [0, 0.05) is 0 Å². The smallest absolute Gasteiger partial charge is 0.241 e. The van der Waals surface area contributed by atoms with Gasteiger partial charge in [0.05, 0.1) is 5.92 Å². The highest BCUT2D eigenvalue weighted by atomic mass is 79.9. The van der Waals surface area contributed by atoms with Crippen LogP contribution < -0.4 is 5.32 Å². The molecule has 1 saturated heterocycles.